The molecule has 0 fully saturated rings. The van der Waals surface area contributed by atoms with Crippen molar-refractivity contribution < 1.29 is 14.3 Å². The van der Waals surface area contributed by atoms with Gasteiger partial charge >= 0.3 is 5.97 Å². The molecule has 0 radical (unpaired) electrons. The lowest BCUT2D eigenvalue weighted by molar-refractivity contribution is -0.119. The number of thiophene rings is 1. The molecule has 0 atom stereocenters. The van der Waals surface area contributed by atoms with E-state index in [1.807, 2.05) is 72.1 Å². The van der Waals surface area contributed by atoms with E-state index in [9.17, 15) is 9.59 Å². The molecule has 1 amide bonds. The third-order valence-electron chi connectivity index (χ3n) is 4.88. The van der Waals surface area contributed by atoms with E-state index in [-0.39, 0.29) is 18.2 Å². The number of carbonyl (C=O) groups excluding carboxylic acids is 2. The lowest BCUT2D eigenvalue weighted by Gasteiger charge is -2.13. The highest BCUT2D eigenvalue weighted by molar-refractivity contribution is 7.13. The Bertz CT molecular complexity index is 1210. The maximum atomic E-state index is 12.9. The van der Waals surface area contributed by atoms with Crippen LogP contribution in [-0.2, 0) is 9.53 Å². The van der Waals surface area contributed by atoms with E-state index < -0.39 is 11.9 Å². The number of ether oxygens (including phenoxy) is 1. The summed E-state index contributed by atoms with van der Waals surface area (Å²) < 4.78 is 6.89. The number of rotatable bonds is 7. The fourth-order valence-electron chi connectivity index (χ4n) is 3.34. The molecule has 0 unspecified atom stereocenters. The van der Waals surface area contributed by atoms with E-state index in [1.54, 1.807) is 10.7 Å². The van der Waals surface area contributed by atoms with Gasteiger partial charge in [-0.3, -0.25) is 4.79 Å². The molecule has 0 spiro atoms. The topological polar surface area (TPSA) is 73.2 Å². The first-order valence-electron chi connectivity index (χ1n) is 10.3. The predicted molar refractivity (Wildman–Crippen MR) is 126 cm³/mol. The summed E-state index contributed by atoms with van der Waals surface area (Å²) >= 11 is 1.54. The molecule has 0 aliphatic heterocycles. The molecule has 1 N–H and O–H groups in total. The summed E-state index contributed by atoms with van der Waals surface area (Å²) in [6.45, 7) is 3.72. The van der Waals surface area contributed by atoms with Crippen molar-refractivity contribution in [2.75, 3.05) is 11.9 Å². The van der Waals surface area contributed by atoms with Crippen LogP contribution in [0.15, 0.2) is 78.2 Å². The molecule has 7 heteroatoms. The van der Waals surface area contributed by atoms with Crippen LogP contribution in [-0.4, -0.2) is 28.3 Å². The number of benzene rings is 2. The predicted octanol–water partition coefficient (Wildman–Crippen LogP) is 5.52. The molecule has 32 heavy (non-hydrogen) atoms. The van der Waals surface area contributed by atoms with Crippen LogP contribution < -0.4 is 5.32 Å². The van der Waals surface area contributed by atoms with Gasteiger partial charge in [0.1, 0.15) is 5.69 Å². The van der Waals surface area contributed by atoms with E-state index in [2.05, 4.69) is 24.3 Å². The van der Waals surface area contributed by atoms with Crippen LogP contribution in [0, 0.1) is 0 Å². The Morgan fingerprint density at radius 2 is 1.78 bits per heavy atom. The second kappa shape index (κ2) is 9.62. The summed E-state index contributed by atoms with van der Waals surface area (Å²) in [6.07, 6.45) is 0. The van der Waals surface area contributed by atoms with Crippen LogP contribution >= 0.6 is 11.3 Å². The lowest BCUT2D eigenvalue weighted by Crippen LogP contribution is -2.22. The minimum absolute atomic E-state index is 0.255. The van der Waals surface area contributed by atoms with E-state index in [1.165, 1.54) is 11.3 Å². The van der Waals surface area contributed by atoms with Crippen molar-refractivity contribution in [1.29, 1.82) is 0 Å². The van der Waals surface area contributed by atoms with Gasteiger partial charge in [-0.2, -0.15) is 5.10 Å². The van der Waals surface area contributed by atoms with Crippen LogP contribution in [0.4, 0.5) is 5.69 Å². The van der Waals surface area contributed by atoms with Crippen molar-refractivity contribution in [3.05, 3.63) is 89.4 Å². The number of hydrogen-bond acceptors (Lipinski definition) is 5. The molecule has 0 aliphatic rings. The fourth-order valence-corrected chi connectivity index (χ4v) is 4.02. The molecule has 2 heterocycles. The maximum absolute atomic E-state index is 12.9. The molecule has 2 aromatic carbocycles. The molecule has 2 aromatic heterocycles. The number of amides is 1. The largest absolute Gasteiger partial charge is 0.451 e. The van der Waals surface area contributed by atoms with Gasteiger partial charge in [0.05, 0.1) is 10.6 Å². The Labute approximate surface area is 190 Å². The minimum atomic E-state index is -0.614. The summed E-state index contributed by atoms with van der Waals surface area (Å²) in [7, 11) is 0. The number of hydrogen-bond donors (Lipinski definition) is 1. The highest BCUT2D eigenvalue weighted by Gasteiger charge is 2.20. The third kappa shape index (κ3) is 4.78. The van der Waals surface area contributed by atoms with Gasteiger partial charge in [0.25, 0.3) is 5.91 Å². The number of esters is 1. The molecule has 162 valence electrons. The number of nitrogens with one attached hydrogen (secondary N) is 1. The summed E-state index contributed by atoms with van der Waals surface area (Å²) in [5.74, 6) is -0.753. The van der Waals surface area contributed by atoms with Crippen LogP contribution in [0.3, 0.4) is 0 Å². The second-order valence-corrected chi connectivity index (χ2v) is 8.45. The normalized spacial score (nSPS) is 10.8. The smallest absolute Gasteiger partial charge is 0.357 e. The minimum Gasteiger partial charge on any atom is -0.451 e. The molecule has 0 aliphatic carbocycles. The van der Waals surface area contributed by atoms with Crippen molar-refractivity contribution in [3.8, 4) is 16.3 Å². The van der Waals surface area contributed by atoms with Crippen molar-refractivity contribution in [2.24, 2.45) is 0 Å². The van der Waals surface area contributed by atoms with Gasteiger partial charge in [-0.1, -0.05) is 56.3 Å². The zero-order chi connectivity index (χ0) is 22.5. The SMILES string of the molecule is CC(C)c1ccccc1NC(=O)COC(=O)c1cc(-c2cccs2)nn1-c1ccccc1. The first-order chi connectivity index (χ1) is 15.5. The van der Waals surface area contributed by atoms with E-state index in [0.29, 0.717) is 5.69 Å². The standard InChI is InChI=1S/C25H23N3O3S/c1-17(2)19-11-6-7-12-20(19)26-24(29)16-31-25(30)22-15-21(23-13-8-14-32-23)27-28(22)18-9-4-3-5-10-18/h3-15,17H,16H2,1-2H3,(H,26,29). The average molecular weight is 446 g/mol. The van der Waals surface area contributed by atoms with Gasteiger partial charge in [0.15, 0.2) is 12.3 Å². The van der Waals surface area contributed by atoms with Gasteiger partial charge < -0.3 is 10.1 Å². The van der Waals surface area contributed by atoms with Gasteiger partial charge in [-0.05, 0) is 41.1 Å². The summed E-state index contributed by atoms with van der Waals surface area (Å²) in [6, 6.07) is 22.5. The molecule has 0 bridgehead atoms. The van der Waals surface area contributed by atoms with E-state index in [0.717, 1.165) is 21.8 Å². The Morgan fingerprint density at radius 3 is 2.50 bits per heavy atom. The van der Waals surface area contributed by atoms with Crippen LogP contribution in [0.2, 0.25) is 0 Å². The number of para-hydroxylation sites is 2. The van der Waals surface area contributed by atoms with Crippen molar-refractivity contribution in [3.63, 3.8) is 0 Å². The van der Waals surface area contributed by atoms with Crippen molar-refractivity contribution >= 4 is 28.9 Å². The Morgan fingerprint density at radius 1 is 1.03 bits per heavy atom. The third-order valence-corrected chi connectivity index (χ3v) is 5.78. The zero-order valence-corrected chi connectivity index (χ0v) is 18.6. The highest BCUT2D eigenvalue weighted by atomic mass is 32.1. The Kier molecular flexibility index (Phi) is 6.47. The Balaban J connectivity index is 1.51. The first-order valence-corrected chi connectivity index (χ1v) is 11.2. The number of carbonyl (C=O) groups is 2. The Hall–Kier alpha value is -3.71. The number of aromatic nitrogens is 2. The van der Waals surface area contributed by atoms with Gasteiger partial charge in [0, 0.05) is 11.8 Å². The fraction of sp³-hybridized carbons (Fsp3) is 0.160. The molecule has 0 saturated carbocycles. The quantitative estimate of drug-likeness (QED) is 0.380. The molecule has 6 nitrogen and oxygen atoms in total. The van der Waals surface area contributed by atoms with Crippen molar-refractivity contribution in [2.45, 2.75) is 19.8 Å². The molecular formula is C25H23N3O3S. The van der Waals surface area contributed by atoms with Gasteiger partial charge in [-0.15, -0.1) is 11.3 Å². The van der Waals surface area contributed by atoms with Crippen LogP contribution in [0.1, 0.15) is 35.8 Å². The van der Waals surface area contributed by atoms with Gasteiger partial charge in [0.2, 0.25) is 0 Å². The zero-order valence-electron chi connectivity index (χ0n) is 17.8. The molecule has 4 rings (SSSR count). The summed E-state index contributed by atoms with van der Waals surface area (Å²) in [5, 5.41) is 9.38. The molecular weight excluding hydrogens is 422 g/mol. The summed E-state index contributed by atoms with van der Waals surface area (Å²) in [4.78, 5) is 26.3. The maximum Gasteiger partial charge on any atom is 0.357 e. The van der Waals surface area contributed by atoms with Crippen LogP contribution in [0.25, 0.3) is 16.3 Å². The van der Waals surface area contributed by atoms with E-state index in [4.69, 9.17) is 4.74 Å². The van der Waals surface area contributed by atoms with Crippen molar-refractivity contribution in [1.82, 2.24) is 9.78 Å². The number of anilines is 1. The summed E-state index contributed by atoms with van der Waals surface area (Å²) in [5.41, 5.74) is 3.41. The second-order valence-electron chi connectivity index (χ2n) is 7.51. The molecule has 4 aromatic rings. The lowest BCUT2D eigenvalue weighted by atomic mass is 10.0. The molecule has 0 saturated heterocycles. The monoisotopic (exact) mass is 445 g/mol. The van der Waals surface area contributed by atoms with Gasteiger partial charge in [-0.25, -0.2) is 9.48 Å². The number of nitrogens with zero attached hydrogens (tertiary/aromatic N) is 2. The highest BCUT2D eigenvalue weighted by Crippen LogP contribution is 2.26. The van der Waals surface area contributed by atoms with E-state index >= 15 is 0 Å². The first kappa shape index (κ1) is 21.5. The van der Waals surface area contributed by atoms with Crippen LogP contribution in [0.5, 0.6) is 0 Å². The average Bonchev–Trinajstić information content (AvgIpc) is 3.48.